The summed E-state index contributed by atoms with van der Waals surface area (Å²) in [5, 5.41) is 4.52. The summed E-state index contributed by atoms with van der Waals surface area (Å²) in [5.41, 5.74) is 4.52. The fourth-order valence-electron chi connectivity index (χ4n) is 4.07. The van der Waals surface area contributed by atoms with Crippen LogP contribution in [0.4, 0.5) is 0 Å². The molecule has 1 saturated carbocycles. The molecule has 0 radical (unpaired) electrons. The van der Waals surface area contributed by atoms with E-state index in [0.717, 1.165) is 40.9 Å². The first kappa shape index (κ1) is 16.1. The van der Waals surface area contributed by atoms with E-state index in [9.17, 15) is 4.79 Å². The first-order chi connectivity index (χ1) is 12.2. The van der Waals surface area contributed by atoms with Crippen LogP contribution in [-0.2, 0) is 6.42 Å². The molecule has 0 unspecified atom stereocenters. The van der Waals surface area contributed by atoms with Gasteiger partial charge in [-0.05, 0) is 43.5 Å². The Hall–Kier alpha value is -2.43. The molecule has 4 rings (SSSR count). The zero-order chi connectivity index (χ0) is 17.4. The van der Waals surface area contributed by atoms with Crippen molar-refractivity contribution in [2.24, 2.45) is 0 Å². The summed E-state index contributed by atoms with van der Waals surface area (Å²) in [5.74, 6) is 0.848. The van der Waals surface area contributed by atoms with Crippen LogP contribution in [-0.4, -0.2) is 21.9 Å². The van der Waals surface area contributed by atoms with Crippen LogP contribution < -0.4 is 10.3 Å². The number of aryl methyl sites for hydroxylation is 1. The number of nitrogens with one attached hydrogen (secondary N) is 2. The standard InChI is InChI=1S/C20H25N3O2/c1-13-17(18-12-16(25-2)8-9-19(18)21-13)10-14-11-20(24)23(22-14)15-6-4-3-5-7-15/h8-9,11-12,15,21-22H,3-7,10H2,1-2H3. The van der Waals surface area contributed by atoms with Crippen molar-refractivity contribution >= 4 is 10.9 Å². The van der Waals surface area contributed by atoms with Crippen molar-refractivity contribution in [3.63, 3.8) is 0 Å². The minimum absolute atomic E-state index is 0.0944. The van der Waals surface area contributed by atoms with Gasteiger partial charge >= 0.3 is 0 Å². The molecule has 1 aliphatic carbocycles. The van der Waals surface area contributed by atoms with Crippen molar-refractivity contribution < 1.29 is 4.74 Å². The summed E-state index contributed by atoms with van der Waals surface area (Å²) in [6, 6.07) is 8.15. The normalized spacial score (nSPS) is 15.8. The number of nitrogens with zero attached hydrogens (tertiary/aromatic N) is 1. The highest BCUT2D eigenvalue weighted by atomic mass is 16.5. The van der Waals surface area contributed by atoms with Gasteiger partial charge in [0.1, 0.15) is 5.75 Å². The maximum atomic E-state index is 12.4. The molecule has 0 aliphatic heterocycles. The minimum Gasteiger partial charge on any atom is -0.497 e. The van der Waals surface area contributed by atoms with E-state index in [0.29, 0.717) is 12.5 Å². The van der Waals surface area contributed by atoms with E-state index in [2.05, 4.69) is 23.1 Å². The quantitative estimate of drug-likeness (QED) is 0.752. The molecule has 1 aliphatic rings. The molecule has 1 aromatic carbocycles. The van der Waals surface area contributed by atoms with Crippen LogP contribution in [0.5, 0.6) is 5.75 Å². The van der Waals surface area contributed by atoms with Crippen molar-refractivity contribution in [3.8, 4) is 5.75 Å². The number of aromatic nitrogens is 3. The van der Waals surface area contributed by atoms with Gasteiger partial charge in [-0.25, -0.2) is 4.68 Å². The van der Waals surface area contributed by atoms with Gasteiger partial charge < -0.3 is 9.72 Å². The van der Waals surface area contributed by atoms with Crippen LogP contribution in [0.1, 0.15) is 55.1 Å². The summed E-state index contributed by atoms with van der Waals surface area (Å²) in [4.78, 5) is 15.8. The molecule has 3 aromatic rings. The Labute approximate surface area is 147 Å². The van der Waals surface area contributed by atoms with Crippen LogP contribution in [0.3, 0.4) is 0 Å². The molecule has 132 valence electrons. The number of hydrogen-bond donors (Lipinski definition) is 2. The van der Waals surface area contributed by atoms with Gasteiger partial charge in [0.05, 0.1) is 13.2 Å². The monoisotopic (exact) mass is 339 g/mol. The first-order valence-corrected chi connectivity index (χ1v) is 9.11. The molecule has 0 saturated heterocycles. The zero-order valence-corrected chi connectivity index (χ0v) is 14.9. The lowest BCUT2D eigenvalue weighted by Gasteiger charge is -2.22. The topological polar surface area (TPSA) is 62.8 Å². The second-order valence-corrected chi connectivity index (χ2v) is 7.10. The maximum absolute atomic E-state index is 12.4. The molecule has 1 fully saturated rings. The average molecular weight is 339 g/mol. The van der Waals surface area contributed by atoms with Gasteiger partial charge in [0.25, 0.3) is 5.56 Å². The zero-order valence-electron chi connectivity index (χ0n) is 14.9. The lowest BCUT2D eigenvalue weighted by Crippen LogP contribution is -2.23. The number of methoxy groups -OCH3 is 1. The van der Waals surface area contributed by atoms with Crippen LogP contribution in [0, 0.1) is 6.92 Å². The Kier molecular flexibility index (Phi) is 4.15. The Morgan fingerprint density at radius 3 is 2.76 bits per heavy atom. The number of benzene rings is 1. The summed E-state index contributed by atoms with van der Waals surface area (Å²) in [6.07, 6.45) is 6.63. The Morgan fingerprint density at radius 2 is 2.00 bits per heavy atom. The number of fused-ring (bicyclic) bond motifs is 1. The fourth-order valence-corrected chi connectivity index (χ4v) is 4.07. The van der Waals surface area contributed by atoms with Crippen molar-refractivity contribution in [3.05, 3.63) is 51.6 Å². The predicted molar refractivity (Wildman–Crippen MR) is 99.6 cm³/mol. The van der Waals surface area contributed by atoms with E-state index in [1.807, 2.05) is 16.8 Å². The van der Waals surface area contributed by atoms with Crippen molar-refractivity contribution in [1.29, 1.82) is 0 Å². The molecule has 25 heavy (non-hydrogen) atoms. The van der Waals surface area contributed by atoms with E-state index in [1.54, 1.807) is 13.2 Å². The lowest BCUT2D eigenvalue weighted by atomic mass is 9.96. The predicted octanol–water partition coefficient (Wildman–Crippen LogP) is 4.07. The van der Waals surface area contributed by atoms with Crippen molar-refractivity contribution in [2.75, 3.05) is 7.11 Å². The fraction of sp³-hybridized carbons (Fsp3) is 0.450. The van der Waals surface area contributed by atoms with E-state index in [-0.39, 0.29) is 5.56 Å². The molecule has 0 amide bonds. The van der Waals surface area contributed by atoms with Gasteiger partial charge in [-0.3, -0.25) is 9.89 Å². The van der Waals surface area contributed by atoms with Gasteiger partial charge in [-0.15, -0.1) is 0 Å². The number of aromatic amines is 2. The summed E-state index contributed by atoms with van der Waals surface area (Å²) in [6.45, 7) is 2.08. The third kappa shape index (κ3) is 2.99. The van der Waals surface area contributed by atoms with Crippen LogP contribution in [0.2, 0.25) is 0 Å². The minimum atomic E-state index is 0.0944. The second kappa shape index (κ2) is 6.47. The number of ether oxygens (including phenoxy) is 1. The van der Waals surface area contributed by atoms with E-state index < -0.39 is 0 Å². The SMILES string of the molecule is COc1ccc2[nH]c(C)c(Cc3cc(=O)n(C4CCCCC4)[nH]3)c2c1. The Bertz CT molecular complexity index is 942. The number of rotatable bonds is 4. The summed E-state index contributed by atoms with van der Waals surface area (Å²) in [7, 11) is 1.68. The molecular formula is C20H25N3O2. The summed E-state index contributed by atoms with van der Waals surface area (Å²) >= 11 is 0. The van der Waals surface area contributed by atoms with Gasteiger partial charge in [0, 0.05) is 34.8 Å². The van der Waals surface area contributed by atoms with Crippen molar-refractivity contribution in [2.45, 2.75) is 51.5 Å². The van der Waals surface area contributed by atoms with Gasteiger partial charge in [-0.2, -0.15) is 0 Å². The number of H-pyrrole nitrogens is 2. The van der Waals surface area contributed by atoms with E-state index >= 15 is 0 Å². The highest BCUT2D eigenvalue weighted by Gasteiger charge is 2.19. The smallest absolute Gasteiger partial charge is 0.266 e. The molecule has 2 N–H and O–H groups in total. The molecule has 0 atom stereocenters. The van der Waals surface area contributed by atoms with Gasteiger partial charge in [-0.1, -0.05) is 19.3 Å². The van der Waals surface area contributed by atoms with Crippen LogP contribution >= 0.6 is 0 Å². The highest BCUT2D eigenvalue weighted by molar-refractivity contribution is 5.86. The van der Waals surface area contributed by atoms with Crippen LogP contribution in [0.15, 0.2) is 29.1 Å². The average Bonchev–Trinajstić information content (AvgIpc) is 3.15. The van der Waals surface area contributed by atoms with E-state index in [1.165, 1.54) is 24.8 Å². The number of hydrogen-bond acceptors (Lipinski definition) is 2. The largest absolute Gasteiger partial charge is 0.497 e. The molecule has 5 heteroatoms. The Balaban J connectivity index is 1.67. The van der Waals surface area contributed by atoms with E-state index in [4.69, 9.17) is 4.74 Å². The van der Waals surface area contributed by atoms with Gasteiger partial charge in [0.2, 0.25) is 0 Å². The maximum Gasteiger partial charge on any atom is 0.266 e. The molecular weight excluding hydrogens is 314 g/mol. The highest BCUT2D eigenvalue weighted by Crippen LogP contribution is 2.29. The third-order valence-electron chi connectivity index (χ3n) is 5.43. The van der Waals surface area contributed by atoms with Crippen LogP contribution in [0.25, 0.3) is 10.9 Å². The second-order valence-electron chi connectivity index (χ2n) is 7.10. The molecule has 2 aromatic heterocycles. The third-order valence-corrected chi connectivity index (χ3v) is 5.43. The summed E-state index contributed by atoms with van der Waals surface area (Å²) < 4.78 is 7.21. The Morgan fingerprint density at radius 1 is 1.20 bits per heavy atom. The first-order valence-electron chi connectivity index (χ1n) is 9.11. The molecule has 5 nitrogen and oxygen atoms in total. The molecule has 0 bridgehead atoms. The van der Waals surface area contributed by atoms with Crippen molar-refractivity contribution in [1.82, 2.24) is 14.8 Å². The molecule has 0 spiro atoms. The molecule has 2 heterocycles. The van der Waals surface area contributed by atoms with Gasteiger partial charge in [0.15, 0.2) is 0 Å². The lowest BCUT2D eigenvalue weighted by molar-refractivity contribution is 0.322.